The van der Waals surface area contributed by atoms with Crippen LogP contribution in [0.4, 0.5) is 0 Å². The lowest BCUT2D eigenvalue weighted by molar-refractivity contribution is -0.126. The predicted molar refractivity (Wildman–Crippen MR) is 92.7 cm³/mol. The van der Waals surface area contributed by atoms with Crippen LogP contribution in [0.2, 0.25) is 0 Å². The van der Waals surface area contributed by atoms with Gasteiger partial charge in [0.15, 0.2) is 0 Å². The smallest absolute Gasteiger partial charge is 0.230 e. The summed E-state index contributed by atoms with van der Waals surface area (Å²) in [4.78, 5) is 12.6. The van der Waals surface area contributed by atoms with Crippen LogP contribution in [-0.2, 0) is 10.2 Å². The highest BCUT2D eigenvalue weighted by Crippen LogP contribution is 2.29. The van der Waals surface area contributed by atoms with Crippen LogP contribution in [0.1, 0.15) is 38.7 Å². The van der Waals surface area contributed by atoms with Gasteiger partial charge in [-0.05, 0) is 56.8 Å². The number of benzene rings is 1. The van der Waals surface area contributed by atoms with E-state index in [2.05, 4.69) is 21.2 Å². The van der Waals surface area contributed by atoms with Crippen LogP contribution in [-0.4, -0.2) is 18.5 Å². The third-order valence-corrected chi connectivity index (χ3v) is 4.89. The van der Waals surface area contributed by atoms with Crippen LogP contribution in [0.25, 0.3) is 0 Å². The maximum atomic E-state index is 12.6. The lowest BCUT2D eigenvalue weighted by Gasteiger charge is -2.28. The lowest BCUT2D eigenvalue weighted by Crippen LogP contribution is -2.47. The molecule has 118 valence electrons. The van der Waals surface area contributed by atoms with Crippen molar-refractivity contribution < 1.29 is 4.79 Å². The second-order valence-corrected chi connectivity index (χ2v) is 7.06. The number of rotatable bonds is 4. The fourth-order valence-corrected chi connectivity index (χ4v) is 3.27. The van der Waals surface area contributed by atoms with Gasteiger partial charge >= 0.3 is 0 Å². The predicted octanol–water partition coefficient (Wildman–Crippen LogP) is 3.39. The molecule has 3 N–H and O–H groups in total. The van der Waals surface area contributed by atoms with Crippen LogP contribution >= 0.6 is 28.3 Å². The molecule has 2 rings (SSSR count). The molecular weight excluding hydrogens is 352 g/mol. The Labute approximate surface area is 141 Å². The van der Waals surface area contributed by atoms with Crippen LogP contribution in [0.5, 0.6) is 0 Å². The van der Waals surface area contributed by atoms with E-state index in [4.69, 9.17) is 5.73 Å². The number of amides is 1. The minimum absolute atomic E-state index is 0. The molecule has 1 saturated carbocycles. The van der Waals surface area contributed by atoms with Gasteiger partial charge in [0.1, 0.15) is 0 Å². The van der Waals surface area contributed by atoms with Gasteiger partial charge in [-0.25, -0.2) is 0 Å². The standard InChI is InChI=1S/C16H23BrN2O.ClH/c1-16(2,12-6-4-7-13(17)9-12)15(20)19-14-8-3-5-11(14)10-18;/h4,6-7,9,11,14H,3,5,8,10,18H2,1-2H3,(H,19,20);1H. The molecule has 21 heavy (non-hydrogen) atoms. The summed E-state index contributed by atoms with van der Waals surface area (Å²) in [6.45, 7) is 4.59. The quantitative estimate of drug-likeness (QED) is 0.847. The monoisotopic (exact) mass is 374 g/mol. The first kappa shape index (κ1) is 18.5. The minimum atomic E-state index is -0.536. The second kappa shape index (κ2) is 7.61. The van der Waals surface area contributed by atoms with Crippen molar-refractivity contribution in [2.45, 2.75) is 44.6 Å². The number of carbonyl (C=O) groups excluding carboxylic acids is 1. The summed E-state index contributed by atoms with van der Waals surface area (Å²) in [6.07, 6.45) is 3.32. The Morgan fingerprint density at radius 2 is 2.14 bits per heavy atom. The van der Waals surface area contributed by atoms with Crippen molar-refractivity contribution in [3.05, 3.63) is 34.3 Å². The van der Waals surface area contributed by atoms with Gasteiger partial charge in [0, 0.05) is 10.5 Å². The molecule has 0 spiro atoms. The van der Waals surface area contributed by atoms with Gasteiger partial charge in [0.2, 0.25) is 5.91 Å². The molecule has 1 aromatic rings. The van der Waals surface area contributed by atoms with Crippen molar-refractivity contribution in [1.82, 2.24) is 5.32 Å². The summed E-state index contributed by atoms with van der Waals surface area (Å²) in [5.41, 5.74) is 6.27. The molecule has 0 aliphatic heterocycles. The highest BCUT2D eigenvalue weighted by atomic mass is 79.9. The maximum absolute atomic E-state index is 12.6. The van der Waals surface area contributed by atoms with E-state index in [9.17, 15) is 4.79 Å². The molecule has 1 aromatic carbocycles. The van der Waals surface area contributed by atoms with Crippen molar-refractivity contribution in [2.24, 2.45) is 11.7 Å². The van der Waals surface area contributed by atoms with E-state index in [1.54, 1.807) is 0 Å². The van der Waals surface area contributed by atoms with Crippen LogP contribution in [0.15, 0.2) is 28.7 Å². The molecule has 2 unspecified atom stereocenters. The Morgan fingerprint density at radius 3 is 2.76 bits per heavy atom. The normalized spacial score (nSPS) is 21.7. The average Bonchev–Trinajstić information content (AvgIpc) is 2.86. The fourth-order valence-electron chi connectivity index (χ4n) is 2.87. The Hall–Kier alpha value is -0.580. The molecule has 3 nitrogen and oxygen atoms in total. The molecular formula is C16H24BrClN2O. The summed E-state index contributed by atoms with van der Waals surface area (Å²) in [7, 11) is 0. The molecule has 0 saturated heterocycles. The molecule has 1 aliphatic carbocycles. The van der Waals surface area contributed by atoms with E-state index < -0.39 is 5.41 Å². The van der Waals surface area contributed by atoms with Gasteiger partial charge in [-0.2, -0.15) is 0 Å². The first-order valence-corrected chi connectivity index (χ1v) is 8.01. The number of carbonyl (C=O) groups is 1. The van der Waals surface area contributed by atoms with E-state index in [0.29, 0.717) is 12.5 Å². The van der Waals surface area contributed by atoms with Crippen molar-refractivity contribution in [3.63, 3.8) is 0 Å². The first-order valence-electron chi connectivity index (χ1n) is 7.22. The third-order valence-electron chi connectivity index (χ3n) is 4.39. The van der Waals surface area contributed by atoms with Gasteiger partial charge in [0.05, 0.1) is 5.41 Å². The highest BCUT2D eigenvalue weighted by molar-refractivity contribution is 9.10. The summed E-state index contributed by atoms with van der Waals surface area (Å²) < 4.78 is 0.997. The Morgan fingerprint density at radius 1 is 1.43 bits per heavy atom. The molecule has 0 heterocycles. The third kappa shape index (κ3) is 4.21. The maximum Gasteiger partial charge on any atom is 0.230 e. The van der Waals surface area contributed by atoms with E-state index in [1.807, 2.05) is 38.1 Å². The Kier molecular flexibility index (Phi) is 6.70. The van der Waals surface area contributed by atoms with Gasteiger partial charge in [-0.3, -0.25) is 4.79 Å². The second-order valence-electron chi connectivity index (χ2n) is 6.14. The van der Waals surface area contributed by atoms with Gasteiger partial charge in [-0.1, -0.05) is 34.5 Å². The zero-order chi connectivity index (χ0) is 14.8. The Bertz CT molecular complexity index is 493. The number of hydrogen-bond donors (Lipinski definition) is 2. The van der Waals surface area contributed by atoms with E-state index in [0.717, 1.165) is 29.3 Å². The molecule has 5 heteroatoms. The highest BCUT2D eigenvalue weighted by Gasteiger charge is 2.34. The van der Waals surface area contributed by atoms with Crippen molar-refractivity contribution >= 4 is 34.2 Å². The molecule has 1 amide bonds. The summed E-state index contributed by atoms with van der Waals surface area (Å²) in [5.74, 6) is 0.512. The van der Waals surface area contributed by atoms with Crippen LogP contribution in [0, 0.1) is 5.92 Å². The summed E-state index contributed by atoms with van der Waals surface area (Å²) in [6, 6.07) is 8.18. The van der Waals surface area contributed by atoms with Gasteiger partial charge < -0.3 is 11.1 Å². The number of nitrogens with two attached hydrogens (primary N) is 1. The number of nitrogens with one attached hydrogen (secondary N) is 1. The zero-order valence-electron chi connectivity index (χ0n) is 12.6. The summed E-state index contributed by atoms with van der Waals surface area (Å²) in [5, 5.41) is 3.20. The number of hydrogen-bond acceptors (Lipinski definition) is 2. The molecule has 0 radical (unpaired) electrons. The van der Waals surface area contributed by atoms with Crippen molar-refractivity contribution in [1.29, 1.82) is 0 Å². The largest absolute Gasteiger partial charge is 0.352 e. The SMILES string of the molecule is CC(C)(C(=O)NC1CCCC1CN)c1cccc(Br)c1.Cl. The molecule has 0 bridgehead atoms. The van der Waals surface area contributed by atoms with Crippen molar-refractivity contribution in [3.8, 4) is 0 Å². The zero-order valence-corrected chi connectivity index (χ0v) is 15.0. The lowest BCUT2D eigenvalue weighted by atomic mass is 9.83. The van der Waals surface area contributed by atoms with Gasteiger partial charge in [0.25, 0.3) is 0 Å². The molecule has 0 aromatic heterocycles. The summed E-state index contributed by atoms with van der Waals surface area (Å²) >= 11 is 3.46. The Balaban J connectivity index is 0.00000220. The van der Waals surface area contributed by atoms with E-state index >= 15 is 0 Å². The molecule has 1 fully saturated rings. The molecule has 2 atom stereocenters. The van der Waals surface area contributed by atoms with Crippen molar-refractivity contribution in [2.75, 3.05) is 6.54 Å². The minimum Gasteiger partial charge on any atom is -0.352 e. The van der Waals surface area contributed by atoms with Crippen LogP contribution < -0.4 is 11.1 Å². The average molecular weight is 376 g/mol. The van der Waals surface area contributed by atoms with E-state index in [1.165, 1.54) is 0 Å². The van der Waals surface area contributed by atoms with E-state index in [-0.39, 0.29) is 24.4 Å². The first-order chi connectivity index (χ1) is 9.45. The number of halogens is 2. The topological polar surface area (TPSA) is 55.1 Å². The molecule has 1 aliphatic rings. The fraction of sp³-hybridized carbons (Fsp3) is 0.562. The van der Waals surface area contributed by atoms with Crippen LogP contribution in [0.3, 0.4) is 0 Å². The van der Waals surface area contributed by atoms with Gasteiger partial charge in [-0.15, -0.1) is 12.4 Å².